The van der Waals surface area contributed by atoms with Gasteiger partial charge in [0, 0.05) is 76.2 Å². The highest BCUT2D eigenvalue weighted by atomic mass is 16.7. The van der Waals surface area contributed by atoms with Gasteiger partial charge in [0.2, 0.25) is 0 Å². The number of hydrogen-bond donors (Lipinski definition) is 3. The Morgan fingerprint density at radius 3 is 0.834 bits per heavy atom. The van der Waals surface area contributed by atoms with E-state index in [4.69, 9.17) is 47.5 Å². The molecule has 145 heavy (non-hydrogen) atoms. The number of ether oxygens (including phenoxy) is 9. The van der Waals surface area contributed by atoms with Crippen LogP contribution < -0.4 is 16.2 Å². The van der Waals surface area contributed by atoms with Crippen molar-refractivity contribution in [1.82, 2.24) is 31.3 Å². The number of nitrogens with one attached hydrogen (secondary N) is 3. The van der Waals surface area contributed by atoms with Crippen LogP contribution in [0.5, 0.6) is 0 Å². The minimum Gasteiger partial charge on any atom is -0.498 e. The van der Waals surface area contributed by atoms with E-state index >= 15 is 0 Å². The molecule has 8 atom stereocenters. The normalized spacial score (nSPS) is 15.5. The molecule has 1 aromatic heterocycles. The minimum atomic E-state index is 0.0463. The molecule has 0 radical (unpaired) electrons. The summed E-state index contributed by atoms with van der Waals surface area (Å²) in [4.78, 5) is 20.3. The molecule has 11 aliphatic rings. The number of aromatic nitrogens is 3. The molecular weight excluding hydrogens is 1810 g/mol. The lowest BCUT2D eigenvalue weighted by molar-refractivity contribution is -0.0254. The molecule has 0 bridgehead atoms. The molecule has 4 fully saturated rings. The average molecular weight is 2120 g/mol. The Morgan fingerprint density at radius 2 is 0.731 bits per heavy atom. The average Bonchev–Trinajstić information content (AvgIpc) is 2.00. The van der Waals surface area contributed by atoms with Gasteiger partial charge < -0.3 is 63.6 Å². The van der Waals surface area contributed by atoms with Gasteiger partial charge in [0.15, 0.2) is 18.6 Å². The van der Waals surface area contributed by atoms with Gasteiger partial charge in [0.1, 0.15) is 31.9 Å². The van der Waals surface area contributed by atoms with Crippen LogP contribution in [0.3, 0.4) is 0 Å². The molecule has 12 heterocycles. The Balaban J connectivity index is -0.0000000262. The fourth-order valence-corrected chi connectivity index (χ4v) is 6.08. The molecule has 0 amide bonds. The Hall–Kier alpha value is -4.87. The van der Waals surface area contributed by atoms with Crippen LogP contribution >= 0.6 is 0 Å². The first-order valence-electron chi connectivity index (χ1n) is 62.0. The van der Waals surface area contributed by atoms with Crippen molar-refractivity contribution < 1.29 is 47.5 Å². The van der Waals surface area contributed by atoms with Gasteiger partial charge in [-0.25, -0.2) is 4.98 Å². The van der Waals surface area contributed by atoms with Crippen LogP contribution in [0.1, 0.15) is 624 Å². The molecule has 0 aliphatic carbocycles. The largest absolute Gasteiger partial charge is 0.498 e. The zero-order valence-electron chi connectivity index (χ0n) is 118. The van der Waals surface area contributed by atoms with Crippen molar-refractivity contribution in [2.24, 2.45) is 36.3 Å². The summed E-state index contributed by atoms with van der Waals surface area (Å²) in [6.45, 7) is 174. The van der Waals surface area contributed by atoms with E-state index in [9.17, 15) is 0 Å². The van der Waals surface area contributed by atoms with Crippen LogP contribution in [0.2, 0.25) is 0 Å². The van der Waals surface area contributed by atoms with E-state index in [1.165, 1.54) is 44.8 Å². The molecule has 0 saturated carbocycles. The Labute approximate surface area is 930 Å². The number of aryl methyl sites for hydroxylation is 1. The maximum Gasteiger partial charge on any atom is 0.180 e. The van der Waals surface area contributed by atoms with Crippen molar-refractivity contribution in [3.63, 3.8) is 0 Å². The van der Waals surface area contributed by atoms with Crippen molar-refractivity contribution in [2.45, 2.75) is 674 Å². The van der Waals surface area contributed by atoms with Gasteiger partial charge in [0.25, 0.3) is 0 Å². The summed E-state index contributed by atoms with van der Waals surface area (Å²) in [5, 5.41) is 21.3. The van der Waals surface area contributed by atoms with Gasteiger partial charge >= 0.3 is 0 Å². The van der Waals surface area contributed by atoms with Crippen molar-refractivity contribution in [2.75, 3.05) is 79.2 Å². The highest BCUT2D eigenvalue weighted by Crippen LogP contribution is 2.11. The molecule has 4 saturated heterocycles. The first-order valence-corrected chi connectivity index (χ1v) is 62.0. The maximum atomic E-state index is 5.28. The van der Waals surface area contributed by atoms with Gasteiger partial charge in [0.05, 0.1) is 88.4 Å². The molecule has 12 rings (SSSR count). The van der Waals surface area contributed by atoms with E-state index in [0.29, 0.717) is 55.3 Å². The summed E-state index contributed by atoms with van der Waals surface area (Å²) in [6, 6.07) is 1.15. The molecule has 22 nitrogen and oxygen atoms in total. The van der Waals surface area contributed by atoms with Crippen LogP contribution in [-0.4, -0.2) is 181 Å². The lowest BCUT2D eigenvalue weighted by Gasteiger charge is -2.17. The minimum absolute atomic E-state index is 0.0463. The van der Waals surface area contributed by atoms with E-state index in [1.807, 2.05) is 546 Å². The zero-order chi connectivity index (χ0) is 125. The summed E-state index contributed by atoms with van der Waals surface area (Å²) in [5.41, 5.74) is 6.63. The predicted molar refractivity (Wildman–Crippen MR) is 696 cm³/mol. The fourth-order valence-electron chi connectivity index (χ4n) is 6.08. The molecular formula is C123H308N12O10. The van der Waals surface area contributed by atoms with Crippen LogP contribution in [0.25, 0.3) is 0 Å². The van der Waals surface area contributed by atoms with E-state index in [0.717, 1.165) is 115 Å². The topological polar surface area (TPSA) is 241 Å². The van der Waals surface area contributed by atoms with Crippen LogP contribution in [0.15, 0.2) is 54.7 Å². The number of hydrogen-bond acceptors (Lipinski definition) is 22. The second-order valence-corrected chi connectivity index (χ2v) is 18.7. The Morgan fingerprint density at radius 1 is 0.338 bits per heavy atom. The number of hydrazone groups is 2. The lowest BCUT2D eigenvalue weighted by atomic mass is 10.1. The van der Waals surface area contributed by atoms with Gasteiger partial charge in [-0.15, -0.1) is 5.10 Å². The van der Waals surface area contributed by atoms with E-state index in [2.05, 4.69) is 102 Å². The number of rotatable bonds is 0. The highest BCUT2D eigenvalue weighted by molar-refractivity contribution is 5.74. The standard InChI is InChI=1S/C6H12O.C5H9NO.C5H10O.C5H8O.C4H5N3.3C4H8N2.2C4H7NO.2C4H8O2.35C2H6/c1-6-4-2-3-5-7-6;1-5-3-2-4-6-7-5;2*1-5-3-2-4-6-5;1-4-2-6-7-3-5-4;1-4-2-5-3-6-4;1-4-2-5-6-3-4;1-4-2-3-5-6-4;1-4-2-5-3-6-4;1-4-5-2-3-6-4;1-4-2-5-3-6-4;1-4-5-2-3-6-4;35*1-2/h6H,2-5H2,1H3;4-5H,2-3H2,1H3;5H,2-4H2,1H3;3H,2,4H2,1H3;2-3H,1H3;3-4H,2H2,1H3,(H,5,6);2,4,6H,3H2,1H3;3-4,6H,2H2,1H3;3-4H,2H2,1H3;2-3H2,1H3;2*4H,2-3H2,1H3;35*1-2H3. The molecule has 22 heteroatoms. The molecule has 11 aliphatic heterocycles. The molecule has 8 unspecified atom stereocenters. The maximum absolute atomic E-state index is 5.28. The van der Waals surface area contributed by atoms with Gasteiger partial charge in [-0.05, 0) is 120 Å². The summed E-state index contributed by atoms with van der Waals surface area (Å²) < 4.78 is 44.8. The summed E-state index contributed by atoms with van der Waals surface area (Å²) in [5.74, 6) is 2.55. The van der Waals surface area contributed by atoms with Crippen molar-refractivity contribution in [3.05, 3.63) is 30.1 Å². The molecule has 0 spiro atoms. The molecule has 1 aromatic rings. The van der Waals surface area contributed by atoms with Gasteiger partial charge in [-0.2, -0.15) is 15.3 Å². The monoisotopic (exact) mass is 2110 g/mol. The summed E-state index contributed by atoms with van der Waals surface area (Å²) >= 11 is 0. The number of aliphatic imine (C=N–C) groups is 3. The highest BCUT2D eigenvalue weighted by Gasteiger charge is 2.10. The first kappa shape index (κ1) is 245. The van der Waals surface area contributed by atoms with E-state index < -0.39 is 0 Å². The third kappa shape index (κ3) is 388. The number of oxime groups is 1. The van der Waals surface area contributed by atoms with Gasteiger partial charge in [-0.3, -0.25) is 15.0 Å². The van der Waals surface area contributed by atoms with Crippen LogP contribution in [-0.2, 0) is 47.5 Å². The smallest absolute Gasteiger partial charge is 0.180 e. The Kier molecular flexibility index (Phi) is 666. The first-order chi connectivity index (χ1) is 71.2. The Bertz CT molecular complexity index is 1570. The van der Waals surface area contributed by atoms with E-state index in [-0.39, 0.29) is 6.29 Å². The zero-order valence-corrected chi connectivity index (χ0v) is 118. The summed E-state index contributed by atoms with van der Waals surface area (Å²) in [7, 11) is 0. The van der Waals surface area contributed by atoms with Crippen LogP contribution in [0, 0.1) is 12.8 Å². The summed E-state index contributed by atoms with van der Waals surface area (Å²) in [6.07, 6.45) is 26.9. The lowest BCUT2D eigenvalue weighted by Crippen LogP contribution is -2.19. The molecule has 920 valence electrons. The SMILES string of the molecule is CC.CC.CC.CC.CC.CC.CC.CC.CC.CC.CC.CC.CC.CC.CC.CC.CC.CC.CC.CC.CC.CC.CC.CC.CC.CC.CC.CC.CC.CC.CC.CC.CC.CC.CC.CC1=CCCO1.CC1=NCCO1.CC1C=NNC1.CC1CC=NN1.CC1CCC=NO1.CC1CCCCO1.CC1CCCO1.CC1CN=CN1.CC1CN=CO1.CC1COCO1.CC1OCCO1.Cc1cnncn1. The quantitative estimate of drug-likeness (QED) is 0.219. The van der Waals surface area contributed by atoms with Crippen molar-refractivity contribution >= 4 is 37.3 Å². The third-order valence-electron chi connectivity index (χ3n) is 10.6. The predicted octanol–water partition coefficient (Wildman–Crippen LogP) is 43.5. The second kappa shape index (κ2) is 394. The fraction of sp³-hybridized carbons (Fsp3) is 0.911. The third-order valence-corrected chi connectivity index (χ3v) is 10.6. The number of nitrogens with zero attached hydrogens (tertiary/aromatic N) is 9. The molecule has 3 N–H and O–H groups in total. The van der Waals surface area contributed by atoms with E-state index in [1.54, 1.807) is 18.7 Å². The second-order valence-electron chi connectivity index (χ2n) is 18.7. The van der Waals surface area contributed by atoms with Crippen LogP contribution in [0.4, 0.5) is 0 Å². The van der Waals surface area contributed by atoms with Crippen molar-refractivity contribution in [1.29, 1.82) is 0 Å². The number of allylic oxidation sites excluding steroid dienone is 1. The molecule has 0 aromatic carbocycles. The van der Waals surface area contributed by atoms with Gasteiger partial charge in [-0.1, -0.05) is 497 Å². The van der Waals surface area contributed by atoms with Crippen molar-refractivity contribution in [3.8, 4) is 0 Å².